The Balaban J connectivity index is 2.02. The van der Waals surface area contributed by atoms with Crippen molar-refractivity contribution in [3.63, 3.8) is 0 Å². The highest BCUT2D eigenvalue weighted by molar-refractivity contribution is 9.10. The molecule has 4 nitrogen and oxygen atoms in total. The van der Waals surface area contributed by atoms with E-state index in [0.29, 0.717) is 24.5 Å². The van der Waals surface area contributed by atoms with Crippen molar-refractivity contribution in [2.45, 2.75) is 52.0 Å². The molecule has 1 fully saturated rings. The number of aromatic nitrogens is 2. The van der Waals surface area contributed by atoms with Crippen LogP contribution in [-0.4, -0.2) is 22.4 Å². The molecule has 0 saturated heterocycles. The fraction of sp³-hybridized carbons (Fsp3) is 0.474. The molecule has 0 spiro atoms. The van der Waals surface area contributed by atoms with Crippen LogP contribution in [0.25, 0.3) is 0 Å². The van der Waals surface area contributed by atoms with Crippen molar-refractivity contribution < 1.29 is 9.53 Å². The zero-order valence-electron chi connectivity index (χ0n) is 14.2. The Bertz CT molecular complexity index is 718. The van der Waals surface area contributed by atoms with Crippen LogP contribution in [0.15, 0.2) is 28.7 Å². The lowest BCUT2D eigenvalue weighted by atomic mass is 10.0. The highest BCUT2D eigenvalue weighted by Gasteiger charge is 2.34. The van der Waals surface area contributed by atoms with Crippen molar-refractivity contribution in [2.75, 3.05) is 6.61 Å². The van der Waals surface area contributed by atoms with E-state index in [2.05, 4.69) is 35.0 Å². The molecule has 1 aromatic heterocycles. The van der Waals surface area contributed by atoms with E-state index in [4.69, 9.17) is 9.84 Å². The molecule has 1 aliphatic rings. The summed E-state index contributed by atoms with van der Waals surface area (Å²) >= 11 is 3.47. The van der Waals surface area contributed by atoms with E-state index < -0.39 is 0 Å². The summed E-state index contributed by atoms with van der Waals surface area (Å²) in [5, 5.41) is 4.79. The maximum atomic E-state index is 12.6. The summed E-state index contributed by atoms with van der Waals surface area (Å²) in [5.41, 5.74) is 3.80. The van der Waals surface area contributed by atoms with E-state index in [0.717, 1.165) is 41.7 Å². The van der Waals surface area contributed by atoms with E-state index >= 15 is 0 Å². The summed E-state index contributed by atoms with van der Waals surface area (Å²) in [5.74, 6) is 0.194. The third kappa shape index (κ3) is 3.72. The molecular formula is C19H23BrN2O2. The Morgan fingerprint density at radius 1 is 1.29 bits per heavy atom. The number of esters is 1. The highest BCUT2D eigenvalue weighted by atomic mass is 79.9. The lowest BCUT2D eigenvalue weighted by Gasteiger charge is -2.09. The van der Waals surface area contributed by atoms with Gasteiger partial charge >= 0.3 is 5.97 Å². The number of ether oxygens (including phenoxy) is 1. The fourth-order valence-corrected chi connectivity index (χ4v) is 3.22. The van der Waals surface area contributed by atoms with Crippen LogP contribution in [0.5, 0.6) is 0 Å². The van der Waals surface area contributed by atoms with E-state index in [-0.39, 0.29) is 5.97 Å². The van der Waals surface area contributed by atoms with Crippen molar-refractivity contribution in [3.8, 4) is 0 Å². The number of hydrogen-bond acceptors (Lipinski definition) is 3. The summed E-state index contributed by atoms with van der Waals surface area (Å²) in [7, 11) is 0. The second-order valence-electron chi connectivity index (χ2n) is 6.23. The third-order valence-corrected chi connectivity index (χ3v) is 4.78. The van der Waals surface area contributed by atoms with Gasteiger partial charge in [-0.3, -0.25) is 4.68 Å². The van der Waals surface area contributed by atoms with Gasteiger partial charge in [0.1, 0.15) is 5.56 Å². The van der Waals surface area contributed by atoms with Crippen molar-refractivity contribution >= 4 is 21.9 Å². The number of aryl methyl sites for hydroxylation is 1. The van der Waals surface area contributed by atoms with Gasteiger partial charge in [0, 0.05) is 23.4 Å². The molecule has 0 unspecified atom stereocenters. The summed E-state index contributed by atoms with van der Waals surface area (Å²) in [6.07, 6.45) is 3.92. The first-order valence-corrected chi connectivity index (χ1v) is 9.44. The molecule has 0 amide bonds. The molecule has 0 atom stereocenters. The first kappa shape index (κ1) is 17.2. The predicted octanol–water partition coefficient (Wildman–Crippen LogP) is 4.70. The molecule has 2 aromatic rings. The van der Waals surface area contributed by atoms with Gasteiger partial charge < -0.3 is 4.74 Å². The molecule has 3 rings (SSSR count). The molecule has 0 N–H and O–H groups in total. The van der Waals surface area contributed by atoms with Gasteiger partial charge in [0.25, 0.3) is 0 Å². The van der Waals surface area contributed by atoms with Gasteiger partial charge in [0.2, 0.25) is 0 Å². The topological polar surface area (TPSA) is 44.1 Å². The number of rotatable bonds is 7. The number of nitrogens with zero attached hydrogens (tertiary/aromatic N) is 2. The smallest absolute Gasteiger partial charge is 0.341 e. The second-order valence-corrected chi connectivity index (χ2v) is 7.14. The maximum Gasteiger partial charge on any atom is 0.341 e. The quantitative estimate of drug-likeness (QED) is 0.643. The van der Waals surface area contributed by atoms with Gasteiger partial charge in [0.05, 0.1) is 18.0 Å². The summed E-state index contributed by atoms with van der Waals surface area (Å²) in [6.45, 7) is 5.19. The Morgan fingerprint density at radius 2 is 2.00 bits per heavy atom. The monoisotopic (exact) mass is 390 g/mol. The van der Waals surface area contributed by atoms with E-state index in [1.165, 1.54) is 5.56 Å². The highest BCUT2D eigenvalue weighted by Crippen LogP contribution is 2.42. The van der Waals surface area contributed by atoms with Crippen LogP contribution in [0, 0.1) is 0 Å². The maximum absolute atomic E-state index is 12.6. The van der Waals surface area contributed by atoms with Crippen molar-refractivity contribution in [1.82, 2.24) is 9.78 Å². The minimum atomic E-state index is -0.228. The summed E-state index contributed by atoms with van der Waals surface area (Å²) in [4.78, 5) is 12.6. The summed E-state index contributed by atoms with van der Waals surface area (Å²) < 4.78 is 8.40. The number of benzene rings is 1. The van der Waals surface area contributed by atoms with Crippen LogP contribution in [0.1, 0.15) is 66.3 Å². The number of carbonyl (C=O) groups excluding carboxylic acids is 1. The minimum Gasteiger partial charge on any atom is -0.462 e. The summed E-state index contributed by atoms with van der Waals surface area (Å²) in [6, 6.07) is 8.22. The third-order valence-electron chi connectivity index (χ3n) is 4.25. The van der Waals surface area contributed by atoms with E-state index in [9.17, 15) is 4.79 Å². The van der Waals surface area contributed by atoms with Crippen LogP contribution >= 0.6 is 15.9 Å². The van der Waals surface area contributed by atoms with Crippen LogP contribution in [-0.2, 0) is 17.7 Å². The Hall–Kier alpha value is -1.62. The Morgan fingerprint density at radius 3 is 2.58 bits per heavy atom. The lowest BCUT2D eigenvalue weighted by molar-refractivity contribution is 0.0523. The zero-order valence-corrected chi connectivity index (χ0v) is 15.8. The van der Waals surface area contributed by atoms with Gasteiger partial charge in [0.15, 0.2) is 0 Å². The molecule has 1 aromatic carbocycles. The standard InChI is InChI=1S/C19H23BrN2O2/c1-3-11-22-16(12-13-5-9-15(20)10-6-13)17(19(23)24-4-2)18(21-22)14-7-8-14/h5-6,9-10,14H,3-4,7-8,11-12H2,1-2H3. The number of hydrogen-bond donors (Lipinski definition) is 0. The second kappa shape index (κ2) is 7.51. The van der Waals surface area contributed by atoms with Crippen LogP contribution in [0.2, 0.25) is 0 Å². The first-order valence-electron chi connectivity index (χ1n) is 8.65. The molecule has 1 saturated carbocycles. The van der Waals surface area contributed by atoms with Crippen molar-refractivity contribution in [1.29, 1.82) is 0 Å². The van der Waals surface area contributed by atoms with E-state index in [1.54, 1.807) is 0 Å². The molecule has 0 aliphatic heterocycles. The van der Waals surface area contributed by atoms with Gasteiger partial charge in [-0.15, -0.1) is 0 Å². The zero-order chi connectivity index (χ0) is 17.1. The van der Waals surface area contributed by atoms with Gasteiger partial charge in [-0.2, -0.15) is 5.10 Å². The lowest BCUT2D eigenvalue weighted by Crippen LogP contribution is -2.12. The predicted molar refractivity (Wildman–Crippen MR) is 97.4 cm³/mol. The molecule has 5 heteroatoms. The Labute approximate surface area is 151 Å². The number of halogens is 1. The molecule has 1 aliphatic carbocycles. The van der Waals surface area contributed by atoms with Crippen LogP contribution < -0.4 is 0 Å². The van der Waals surface area contributed by atoms with Gasteiger partial charge in [-0.25, -0.2) is 4.79 Å². The fourth-order valence-electron chi connectivity index (χ4n) is 2.96. The van der Waals surface area contributed by atoms with Gasteiger partial charge in [-0.1, -0.05) is 35.0 Å². The minimum absolute atomic E-state index is 0.228. The normalized spacial score (nSPS) is 14.0. The SMILES string of the molecule is CCCn1nc(C2CC2)c(C(=O)OCC)c1Cc1ccc(Br)cc1. The van der Waals surface area contributed by atoms with Crippen LogP contribution in [0.3, 0.4) is 0 Å². The van der Waals surface area contributed by atoms with Crippen molar-refractivity contribution in [3.05, 3.63) is 51.3 Å². The molecule has 24 heavy (non-hydrogen) atoms. The average Bonchev–Trinajstić information content (AvgIpc) is 3.34. The van der Waals surface area contributed by atoms with E-state index in [1.807, 2.05) is 23.7 Å². The Kier molecular flexibility index (Phi) is 5.39. The molecule has 0 bridgehead atoms. The van der Waals surface area contributed by atoms with Gasteiger partial charge in [-0.05, 0) is 43.9 Å². The molecule has 0 radical (unpaired) electrons. The molecule has 1 heterocycles. The first-order chi connectivity index (χ1) is 11.6. The van der Waals surface area contributed by atoms with Crippen LogP contribution in [0.4, 0.5) is 0 Å². The largest absolute Gasteiger partial charge is 0.462 e. The number of carbonyl (C=O) groups is 1. The average molecular weight is 391 g/mol. The molecule has 128 valence electrons. The van der Waals surface area contributed by atoms with Crippen molar-refractivity contribution in [2.24, 2.45) is 0 Å². The molecular weight excluding hydrogens is 368 g/mol.